The Bertz CT molecular complexity index is 1260. The van der Waals surface area contributed by atoms with Crippen molar-refractivity contribution in [1.82, 2.24) is 19.4 Å². The van der Waals surface area contributed by atoms with Crippen molar-refractivity contribution in [2.45, 2.75) is 38.8 Å². The Morgan fingerprint density at radius 1 is 1.00 bits per heavy atom. The first kappa shape index (κ1) is 22.5. The van der Waals surface area contributed by atoms with Gasteiger partial charge in [-0.3, -0.25) is 19.0 Å². The molecule has 0 unspecified atom stereocenters. The van der Waals surface area contributed by atoms with E-state index in [1.807, 2.05) is 30.0 Å². The summed E-state index contributed by atoms with van der Waals surface area (Å²) in [6.45, 7) is 3.34. The molecule has 0 atom stereocenters. The number of rotatable bonds is 6. The van der Waals surface area contributed by atoms with Gasteiger partial charge < -0.3 is 14.8 Å². The largest absolute Gasteiger partial charge is 0.338 e. The molecular weight excluding hydrogens is 420 g/mol. The molecule has 1 N–H and O–H groups in total. The van der Waals surface area contributed by atoms with Crippen LogP contribution < -0.4 is 11.2 Å². The fourth-order valence-corrected chi connectivity index (χ4v) is 4.46. The van der Waals surface area contributed by atoms with Gasteiger partial charge in [0.25, 0.3) is 11.5 Å². The van der Waals surface area contributed by atoms with E-state index in [-0.39, 0.29) is 24.4 Å². The highest BCUT2D eigenvalue weighted by Crippen LogP contribution is 2.19. The van der Waals surface area contributed by atoms with E-state index in [4.69, 9.17) is 0 Å². The van der Waals surface area contributed by atoms with E-state index in [1.54, 1.807) is 41.3 Å². The van der Waals surface area contributed by atoms with E-state index in [0.717, 1.165) is 11.0 Å². The van der Waals surface area contributed by atoms with Crippen LogP contribution in [0.5, 0.6) is 0 Å². The number of nitrogens with zero attached hydrogens (tertiary/aromatic N) is 3. The molecule has 2 heterocycles. The minimum atomic E-state index is -0.591. The molecule has 8 nitrogen and oxygen atoms in total. The van der Waals surface area contributed by atoms with Gasteiger partial charge in [0.15, 0.2) is 0 Å². The lowest BCUT2D eigenvalue weighted by Crippen LogP contribution is -2.51. The summed E-state index contributed by atoms with van der Waals surface area (Å²) < 4.78 is 0.974. The topological polar surface area (TPSA) is 95.5 Å². The number of hydrogen-bond donors (Lipinski definition) is 1. The molecule has 3 aromatic rings. The highest BCUT2D eigenvalue weighted by Gasteiger charge is 2.30. The summed E-state index contributed by atoms with van der Waals surface area (Å²) in [6, 6.07) is 15.9. The Labute approximate surface area is 191 Å². The number of aromatic nitrogens is 2. The molecule has 1 saturated heterocycles. The third kappa shape index (κ3) is 4.74. The van der Waals surface area contributed by atoms with E-state index in [1.165, 1.54) is 0 Å². The van der Waals surface area contributed by atoms with Crippen molar-refractivity contribution < 1.29 is 9.59 Å². The van der Waals surface area contributed by atoms with Crippen LogP contribution in [0.1, 0.15) is 36.5 Å². The van der Waals surface area contributed by atoms with Gasteiger partial charge in [0.1, 0.15) is 6.54 Å². The monoisotopic (exact) mass is 448 g/mol. The molecule has 0 bridgehead atoms. The summed E-state index contributed by atoms with van der Waals surface area (Å²) in [5, 5.41) is 0.375. The number of amides is 2. The summed E-state index contributed by atoms with van der Waals surface area (Å²) in [5.41, 5.74) is 0.0543. The van der Waals surface area contributed by atoms with E-state index in [9.17, 15) is 19.2 Å². The van der Waals surface area contributed by atoms with Crippen molar-refractivity contribution in [1.29, 1.82) is 0 Å². The maximum atomic E-state index is 13.2. The summed E-state index contributed by atoms with van der Waals surface area (Å²) in [7, 11) is 0. The summed E-state index contributed by atoms with van der Waals surface area (Å²) in [6.07, 6.45) is 2.08. The Morgan fingerprint density at radius 2 is 1.67 bits per heavy atom. The molecule has 1 aliphatic rings. The Morgan fingerprint density at radius 3 is 2.36 bits per heavy atom. The van der Waals surface area contributed by atoms with Crippen LogP contribution in [-0.2, 0) is 11.3 Å². The third-order valence-corrected chi connectivity index (χ3v) is 6.18. The normalized spacial score (nSPS) is 14.4. The molecule has 1 aliphatic heterocycles. The number of piperidine rings is 1. The van der Waals surface area contributed by atoms with Crippen LogP contribution in [0.2, 0.25) is 0 Å². The number of nitrogens with one attached hydrogen (secondary N) is 1. The lowest BCUT2D eigenvalue weighted by molar-refractivity contribution is -0.135. The number of fused-ring (bicyclic) bond motifs is 1. The van der Waals surface area contributed by atoms with Gasteiger partial charge in [0.05, 0.1) is 10.9 Å². The second-order valence-electron chi connectivity index (χ2n) is 8.34. The second kappa shape index (κ2) is 9.85. The summed E-state index contributed by atoms with van der Waals surface area (Å²) in [5.74, 6) is -0.260. The maximum Gasteiger partial charge on any atom is 0.329 e. The average molecular weight is 449 g/mol. The first-order valence-electron chi connectivity index (χ1n) is 11.3. The number of hydrogen-bond acceptors (Lipinski definition) is 4. The molecule has 4 rings (SSSR count). The molecule has 0 aliphatic carbocycles. The van der Waals surface area contributed by atoms with Crippen LogP contribution >= 0.6 is 0 Å². The van der Waals surface area contributed by atoms with Crippen molar-refractivity contribution in [2.24, 2.45) is 0 Å². The van der Waals surface area contributed by atoms with Crippen LogP contribution in [0.3, 0.4) is 0 Å². The Hall–Kier alpha value is -3.68. The van der Waals surface area contributed by atoms with Gasteiger partial charge in [-0.15, -0.1) is 0 Å². The van der Waals surface area contributed by atoms with E-state index >= 15 is 0 Å². The highest BCUT2D eigenvalue weighted by molar-refractivity contribution is 5.94. The van der Waals surface area contributed by atoms with Crippen LogP contribution in [0.15, 0.2) is 64.2 Å². The van der Waals surface area contributed by atoms with Crippen LogP contribution in [0.25, 0.3) is 10.9 Å². The highest BCUT2D eigenvalue weighted by atomic mass is 16.2. The molecule has 0 saturated carbocycles. The van der Waals surface area contributed by atoms with Crippen molar-refractivity contribution in [3.05, 3.63) is 81.0 Å². The second-order valence-corrected chi connectivity index (χ2v) is 8.34. The van der Waals surface area contributed by atoms with E-state index in [2.05, 4.69) is 4.98 Å². The van der Waals surface area contributed by atoms with Gasteiger partial charge in [-0.25, -0.2) is 4.79 Å². The van der Waals surface area contributed by atoms with Crippen LogP contribution in [-0.4, -0.2) is 56.8 Å². The molecule has 1 fully saturated rings. The van der Waals surface area contributed by atoms with Gasteiger partial charge in [0.2, 0.25) is 5.91 Å². The van der Waals surface area contributed by atoms with Crippen molar-refractivity contribution >= 4 is 22.7 Å². The number of H-pyrrole nitrogens is 1. The molecule has 2 aromatic carbocycles. The van der Waals surface area contributed by atoms with Crippen LogP contribution in [0, 0.1) is 0 Å². The predicted octanol–water partition coefficient (Wildman–Crippen LogP) is 2.23. The van der Waals surface area contributed by atoms with Crippen molar-refractivity contribution in [3.63, 3.8) is 0 Å². The quantitative estimate of drug-likeness (QED) is 0.626. The number of likely N-dealkylation sites (tertiary alicyclic amines) is 1. The smallest absolute Gasteiger partial charge is 0.329 e. The summed E-state index contributed by atoms with van der Waals surface area (Å²) >= 11 is 0. The van der Waals surface area contributed by atoms with E-state index in [0.29, 0.717) is 48.9 Å². The van der Waals surface area contributed by atoms with Gasteiger partial charge in [-0.1, -0.05) is 37.3 Å². The number of carbonyl (C=O) groups is 2. The standard InChI is InChI=1S/C25H28N4O4/c1-2-14-28(19-12-15-27(16-13-19)23(31)18-8-4-3-5-9-18)22(30)17-29-24(32)20-10-6-7-11-21(20)26-25(29)33/h3-11,19H,2,12-17H2,1H3,(H,26,33). The van der Waals surface area contributed by atoms with Crippen LogP contribution in [0.4, 0.5) is 0 Å². The molecule has 0 radical (unpaired) electrons. The third-order valence-electron chi connectivity index (χ3n) is 6.18. The number of carbonyl (C=O) groups excluding carboxylic acids is 2. The Kier molecular flexibility index (Phi) is 6.72. The SMILES string of the molecule is CCCN(C(=O)Cn1c(=O)[nH]c2ccccc2c1=O)C1CCN(C(=O)c2ccccc2)CC1. The molecular formula is C25H28N4O4. The fraction of sp³-hybridized carbons (Fsp3) is 0.360. The zero-order valence-electron chi connectivity index (χ0n) is 18.7. The number of para-hydroxylation sites is 1. The van der Waals surface area contributed by atoms with Gasteiger partial charge in [-0.05, 0) is 43.5 Å². The first-order chi connectivity index (χ1) is 16.0. The predicted molar refractivity (Wildman–Crippen MR) is 126 cm³/mol. The van der Waals surface area contributed by atoms with Crippen molar-refractivity contribution in [2.75, 3.05) is 19.6 Å². The molecule has 33 heavy (non-hydrogen) atoms. The fourth-order valence-electron chi connectivity index (χ4n) is 4.46. The van der Waals surface area contributed by atoms with Gasteiger partial charge in [0, 0.05) is 31.2 Å². The first-order valence-corrected chi connectivity index (χ1v) is 11.3. The maximum absolute atomic E-state index is 13.2. The number of aromatic amines is 1. The zero-order chi connectivity index (χ0) is 23.4. The van der Waals surface area contributed by atoms with Crippen molar-refractivity contribution in [3.8, 4) is 0 Å². The minimum Gasteiger partial charge on any atom is -0.338 e. The number of benzene rings is 2. The Balaban J connectivity index is 1.48. The van der Waals surface area contributed by atoms with Gasteiger partial charge >= 0.3 is 5.69 Å². The van der Waals surface area contributed by atoms with Gasteiger partial charge in [-0.2, -0.15) is 0 Å². The molecule has 2 amide bonds. The van der Waals surface area contributed by atoms with E-state index < -0.39 is 11.2 Å². The minimum absolute atomic E-state index is 0.00309. The molecule has 8 heteroatoms. The summed E-state index contributed by atoms with van der Waals surface area (Å²) in [4.78, 5) is 57.5. The zero-order valence-corrected chi connectivity index (χ0v) is 18.7. The lowest BCUT2D eigenvalue weighted by Gasteiger charge is -2.38. The lowest BCUT2D eigenvalue weighted by atomic mass is 10.0. The molecule has 1 aromatic heterocycles. The molecule has 0 spiro atoms. The average Bonchev–Trinajstić information content (AvgIpc) is 2.85. The molecule has 172 valence electrons.